The Bertz CT molecular complexity index is 431. The van der Waals surface area contributed by atoms with Crippen LogP contribution in [-0.2, 0) is 11.3 Å². The van der Waals surface area contributed by atoms with Gasteiger partial charge in [-0.05, 0) is 24.7 Å². The number of ether oxygens (including phenoxy) is 3. The van der Waals surface area contributed by atoms with Crippen molar-refractivity contribution >= 4 is 5.78 Å². The number of hydrogen-bond donors (Lipinski definition) is 1. The molecule has 0 unspecified atom stereocenters. The SMILES string of the molecule is CNCC(=O)c1cc2c(cc1COC)OCO2. The Morgan fingerprint density at radius 1 is 1.41 bits per heavy atom. The Morgan fingerprint density at radius 2 is 2.12 bits per heavy atom. The van der Waals surface area contributed by atoms with E-state index in [1.807, 2.05) is 0 Å². The average molecular weight is 237 g/mol. The summed E-state index contributed by atoms with van der Waals surface area (Å²) >= 11 is 0. The van der Waals surface area contributed by atoms with Crippen molar-refractivity contribution in [2.45, 2.75) is 6.61 Å². The predicted molar refractivity (Wildman–Crippen MR) is 61.5 cm³/mol. The quantitative estimate of drug-likeness (QED) is 0.773. The Balaban J connectivity index is 2.37. The summed E-state index contributed by atoms with van der Waals surface area (Å²) in [5, 5.41) is 2.84. The van der Waals surface area contributed by atoms with E-state index in [0.29, 0.717) is 23.7 Å². The van der Waals surface area contributed by atoms with Gasteiger partial charge in [-0.15, -0.1) is 0 Å². The number of carbonyl (C=O) groups is 1. The Labute approximate surface area is 99.7 Å². The monoisotopic (exact) mass is 237 g/mol. The summed E-state index contributed by atoms with van der Waals surface area (Å²) in [5.74, 6) is 1.29. The molecule has 1 aromatic rings. The molecule has 0 aliphatic carbocycles. The van der Waals surface area contributed by atoms with Crippen LogP contribution in [0.5, 0.6) is 11.5 Å². The first-order valence-corrected chi connectivity index (χ1v) is 5.35. The Kier molecular flexibility index (Phi) is 3.61. The van der Waals surface area contributed by atoms with Crippen LogP contribution in [0.15, 0.2) is 12.1 Å². The van der Waals surface area contributed by atoms with Gasteiger partial charge >= 0.3 is 0 Å². The first kappa shape index (κ1) is 11.9. The number of hydrogen-bond acceptors (Lipinski definition) is 5. The summed E-state index contributed by atoms with van der Waals surface area (Å²) in [6, 6.07) is 3.52. The maximum absolute atomic E-state index is 11.9. The molecule has 0 saturated carbocycles. The van der Waals surface area contributed by atoms with E-state index in [1.54, 1.807) is 26.3 Å². The molecule has 17 heavy (non-hydrogen) atoms. The van der Waals surface area contributed by atoms with E-state index >= 15 is 0 Å². The third-order valence-electron chi connectivity index (χ3n) is 2.54. The van der Waals surface area contributed by atoms with Crippen molar-refractivity contribution in [2.75, 3.05) is 27.5 Å². The minimum Gasteiger partial charge on any atom is -0.454 e. The first-order valence-electron chi connectivity index (χ1n) is 5.35. The Morgan fingerprint density at radius 3 is 2.76 bits per heavy atom. The highest BCUT2D eigenvalue weighted by atomic mass is 16.7. The molecule has 0 bridgehead atoms. The second-order valence-corrected chi connectivity index (χ2v) is 3.75. The number of fused-ring (bicyclic) bond motifs is 1. The van der Waals surface area contributed by atoms with Crippen LogP contribution in [0, 0.1) is 0 Å². The minimum atomic E-state index is 0.0119. The number of carbonyl (C=O) groups excluding carboxylic acids is 1. The van der Waals surface area contributed by atoms with Crippen molar-refractivity contribution in [3.05, 3.63) is 23.3 Å². The maximum Gasteiger partial charge on any atom is 0.231 e. The van der Waals surface area contributed by atoms with E-state index in [4.69, 9.17) is 14.2 Å². The fraction of sp³-hybridized carbons (Fsp3) is 0.417. The highest BCUT2D eigenvalue weighted by Gasteiger charge is 2.20. The molecule has 0 saturated heterocycles. The number of methoxy groups -OCH3 is 1. The van der Waals surface area contributed by atoms with E-state index in [2.05, 4.69) is 5.32 Å². The summed E-state index contributed by atoms with van der Waals surface area (Å²) in [5.41, 5.74) is 1.43. The molecular formula is C12H15NO4. The van der Waals surface area contributed by atoms with Crippen molar-refractivity contribution in [3.63, 3.8) is 0 Å². The lowest BCUT2D eigenvalue weighted by Gasteiger charge is -2.09. The fourth-order valence-electron chi connectivity index (χ4n) is 1.77. The molecular weight excluding hydrogens is 222 g/mol. The summed E-state index contributed by atoms with van der Waals surface area (Å²) in [4.78, 5) is 11.9. The van der Waals surface area contributed by atoms with Crippen LogP contribution < -0.4 is 14.8 Å². The zero-order chi connectivity index (χ0) is 12.3. The van der Waals surface area contributed by atoms with Crippen LogP contribution in [0.3, 0.4) is 0 Å². The van der Waals surface area contributed by atoms with E-state index in [0.717, 1.165) is 5.56 Å². The molecule has 0 atom stereocenters. The van der Waals surface area contributed by atoms with Crippen LogP contribution in [0.4, 0.5) is 0 Å². The van der Waals surface area contributed by atoms with Crippen molar-refractivity contribution in [2.24, 2.45) is 0 Å². The molecule has 1 aliphatic rings. The maximum atomic E-state index is 11.9. The number of ketones is 1. The van der Waals surface area contributed by atoms with Gasteiger partial charge in [0.15, 0.2) is 17.3 Å². The summed E-state index contributed by atoms with van der Waals surface area (Å²) in [6.45, 7) is 0.864. The molecule has 2 rings (SSSR count). The summed E-state index contributed by atoms with van der Waals surface area (Å²) in [6.07, 6.45) is 0. The van der Waals surface area contributed by atoms with Crippen molar-refractivity contribution in [1.29, 1.82) is 0 Å². The summed E-state index contributed by atoms with van der Waals surface area (Å²) < 4.78 is 15.6. The molecule has 1 N–H and O–H groups in total. The first-order chi connectivity index (χ1) is 8.26. The van der Waals surface area contributed by atoms with Crippen LogP contribution in [0.25, 0.3) is 0 Å². The van der Waals surface area contributed by atoms with Crippen molar-refractivity contribution in [1.82, 2.24) is 5.32 Å². The molecule has 1 aliphatic heterocycles. The van der Waals surface area contributed by atoms with Crippen molar-refractivity contribution < 1.29 is 19.0 Å². The van der Waals surface area contributed by atoms with Gasteiger partial charge in [-0.2, -0.15) is 0 Å². The molecule has 92 valence electrons. The van der Waals surface area contributed by atoms with Crippen LogP contribution in [0.2, 0.25) is 0 Å². The van der Waals surface area contributed by atoms with Gasteiger partial charge < -0.3 is 19.5 Å². The number of rotatable bonds is 5. The van der Waals surface area contributed by atoms with Gasteiger partial charge in [-0.1, -0.05) is 0 Å². The third-order valence-corrected chi connectivity index (χ3v) is 2.54. The lowest BCUT2D eigenvalue weighted by molar-refractivity contribution is 0.0988. The molecule has 1 heterocycles. The van der Waals surface area contributed by atoms with E-state index in [1.165, 1.54) is 0 Å². The number of Topliss-reactive ketones (excluding diaryl/α,β-unsaturated/α-hetero) is 1. The van der Waals surface area contributed by atoms with Crippen LogP contribution >= 0.6 is 0 Å². The van der Waals surface area contributed by atoms with Crippen molar-refractivity contribution in [3.8, 4) is 11.5 Å². The molecule has 5 nitrogen and oxygen atoms in total. The lowest BCUT2D eigenvalue weighted by Crippen LogP contribution is -2.20. The molecule has 5 heteroatoms. The van der Waals surface area contributed by atoms with E-state index in [9.17, 15) is 4.79 Å². The number of benzene rings is 1. The lowest BCUT2D eigenvalue weighted by atomic mass is 10.0. The van der Waals surface area contributed by atoms with Gasteiger partial charge in [0.2, 0.25) is 6.79 Å². The third kappa shape index (κ3) is 2.40. The highest BCUT2D eigenvalue weighted by molar-refractivity contribution is 5.99. The standard InChI is InChI=1S/C12H15NO4/c1-13-5-10(14)9-4-12-11(16-7-17-12)3-8(9)6-15-2/h3-4,13H,5-7H2,1-2H3. The molecule has 0 radical (unpaired) electrons. The van der Waals surface area contributed by atoms with Gasteiger partial charge in [0.1, 0.15) is 0 Å². The van der Waals surface area contributed by atoms with Gasteiger partial charge in [-0.25, -0.2) is 0 Å². The molecule has 0 fully saturated rings. The van der Waals surface area contributed by atoms with Crippen LogP contribution in [-0.4, -0.2) is 33.3 Å². The normalized spacial score (nSPS) is 12.8. The molecule has 1 aromatic carbocycles. The molecule has 0 amide bonds. The molecule has 0 spiro atoms. The Hall–Kier alpha value is -1.59. The van der Waals surface area contributed by atoms with Gasteiger partial charge in [-0.3, -0.25) is 4.79 Å². The van der Waals surface area contributed by atoms with Crippen LogP contribution in [0.1, 0.15) is 15.9 Å². The average Bonchev–Trinajstić information content (AvgIpc) is 2.75. The van der Waals surface area contributed by atoms with Gasteiger partial charge in [0.05, 0.1) is 13.2 Å². The number of nitrogens with one attached hydrogen (secondary N) is 1. The zero-order valence-corrected chi connectivity index (χ0v) is 9.91. The zero-order valence-electron chi connectivity index (χ0n) is 9.91. The topological polar surface area (TPSA) is 56.8 Å². The van der Waals surface area contributed by atoms with Gasteiger partial charge in [0, 0.05) is 12.7 Å². The predicted octanol–water partition coefficient (Wildman–Crippen LogP) is 0.964. The largest absolute Gasteiger partial charge is 0.454 e. The highest BCUT2D eigenvalue weighted by Crippen LogP contribution is 2.35. The van der Waals surface area contributed by atoms with Gasteiger partial charge in [0.25, 0.3) is 0 Å². The fourth-order valence-corrected chi connectivity index (χ4v) is 1.77. The molecule has 0 aromatic heterocycles. The van der Waals surface area contributed by atoms with E-state index in [-0.39, 0.29) is 19.1 Å². The van der Waals surface area contributed by atoms with E-state index < -0.39 is 0 Å². The summed E-state index contributed by atoms with van der Waals surface area (Å²) in [7, 11) is 3.33. The smallest absolute Gasteiger partial charge is 0.231 e. The minimum absolute atomic E-state index is 0.0119. The second kappa shape index (κ2) is 5.16. The number of likely N-dealkylation sites (N-methyl/N-ethyl adjacent to an activating group) is 1. The second-order valence-electron chi connectivity index (χ2n) is 3.75.